The summed E-state index contributed by atoms with van der Waals surface area (Å²) in [4.78, 5) is 53.9. The van der Waals surface area contributed by atoms with Gasteiger partial charge in [-0.2, -0.15) is 12.6 Å². The molecule has 1 aliphatic carbocycles. The molecule has 4 unspecified atom stereocenters. The summed E-state index contributed by atoms with van der Waals surface area (Å²) in [5.74, 6) is -0.331. The molecule has 0 radical (unpaired) electrons. The number of ether oxygens (including phenoxy) is 2. The number of thiol groups is 1. The lowest BCUT2D eigenvalue weighted by Gasteiger charge is -2.43. The third-order valence-electron chi connectivity index (χ3n) is 9.49. The summed E-state index contributed by atoms with van der Waals surface area (Å²) in [7, 11) is -10.6. The van der Waals surface area contributed by atoms with Crippen LogP contribution in [0.4, 0.5) is 0 Å². The first-order valence-electron chi connectivity index (χ1n) is 20.2. The molecular formula is C36H70O16P2S. The number of aliphatic hydroxyl groups excluding tert-OH is 4. The van der Waals surface area contributed by atoms with Gasteiger partial charge in [-0.15, -0.1) is 0 Å². The maximum atomic E-state index is 12.9. The Morgan fingerprint density at radius 1 is 0.564 bits per heavy atom. The third-order valence-corrected chi connectivity index (χ3v) is 11.3. The number of unbranched alkanes of at least 4 members (excludes halogenated alkanes) is 19. The molecule has 0 amide bonds. The Balaban J connectivity index is 2.66. The second-order valence-corrected chi connectivity index (χ2v) is 17.5. The summed E-state index contributed by atoms with van der Waals surface area (Å²) in [5.41, 5.74) is 0. The van der Waals surface area contributed by atoms with Crippen molar-refractivity contribution in [3.8, 4) is 0 Å². The van der Waals surface area contributed by atoms with Gasteiger partial charge in [0, 0.05) is 12.8 Å². The topological polar surface area (TPSA) is 256 Å². The fourth-order valence-corrected chi connectivity index (χ4v) is 8.06. The van der Waals surface area contributed by atoms with Crippen molar-refractivity contribution in [3.63, 3.8) is 0 Å². The Morgan fingerprint density at radius 2 is 0.982 bits per heavy atom. The van der Waals surface area contributed by atoms with Crippen LogP contribution >= 0.6 is 28.3 Å². The van der Waals surface area contributed by atoms with E-state index in [2.05, 4.69) is 24.1 Å². The molecule has 0 aliphatic heterocycles. The van der Waals surface area contributed by atoms with Gasteiger partial charge in [-0.25, -0.2) is 9.13 Å². The van der Waals surface area contributed by atoms with E-state index in [9.17, 15) is 44.0 Å². The fourth-order valence-electron chi connectivity index (χ4n) is 6.30. The van der Waals surface area contributed by atoms with Gasteiger partial charge in [0.2, 0.25) is 0 Å². The van der Waals surface area contributed by atoms with Crippen molar-refractivity contribution in [2.24, 2.45) is 0 Å². The van der Waals surface area contributed by atoms with Crippen LogP contribution in [-0.2, 0) is 41.8 Å². The predicted molar refractivity (Wildman–Crippen MR) is 208 cm³/mol. The van der Waals surface area contributed by atoms with Gasteiger partial charge >= 0.3 is 27.6 Å². The van der Waals surface area contributed by atoms with Gasteiger partial charge in [-0.1, -0.05) is 122 Å². The van der Waals surface area contributed by atoms with Gasteiger partial charge in [-0.05, 0) is 25.0 Å². The van der Waals surface area contributed by atoms with Crippen LogP contribution in [-0.4, -0.2) is 109 Å². The van der Waals surface area contributed by atoms with Gasteiger partial charge in [0.25, 0.3) is 0 Å². The molecule has 0 spiro atoms. The Hall–Kier alpha value is -0.650. The summed E-state index contributed by atoms with van der Waals surface area (Å²) in [6.45, 7) is 0.873. The Kier molecular flexibility index (Phi) is 28.9. The quantitative estimate of drug-likeness (QED) is 0.0165. The molecule has 19 heteroatoms. The van der Waals surface area contributed by atoms with Crippen molar-refractivity contribution in [1.82, 2.24) is 0 Å². The average molecular weight is 853 g/mol. The summed E-state index contributed by atoms with van der Waals surface area (Å²) < 4.78 is 49.1. The fraction of sp³-hybridized carbons (Fsp3) is 0.944. The number of rotatable bonds is 34. The van der Waals surface area contributed by atoms with E-state index in [0.717, 1.165) is 76.4 Å². The molecule has 7 N–H and O–H groups in total. The van der Waals surface area contributed by atoms with E-state index in [1.54, 1.807) is 0 Å². The molecule has 1 aliphatic rings. The maximum Gasteiger partial charge on any atom is 0.472 e. The molecule has 0 aromatic heterocycles. The smallest absolute Gasteiger partial charge is 0.462 e. The summed E-state index contributed by atoms with van der Waals surface area (Å²) in [6, 6.07) is 0. The molecule has 1 saturated carbocycles. The SMILES string of the molecule is CCCCCCCCCCCCCCCC(=O)O[C@H](COC(=O)CCCCCCCCCCS)COP(=O)(O)OC1C(O)[C@H](O)C(O)[C@H](OP(=O)(O)O)[C@@H]1O. The van der Waals surface area contributed by atoms with Gasteiger partial charge < -0.3 is 44.6 Å². The number of aliphatic hydroxyl groups is 4. The van der Waals surface area contributed by atoms with E-state index in [1.807, 2.05) is 0 Å². The monoisotopic (exact) mass is 852 g/mol. The number of phosphoric ester groups is 2. The minimum absolute atomic E-state index is 0.0474. The van der Waals surface area contributed by atoms with E-state index >= 15 is 0 Å². The highest BCUT2D eigenvalue weighted by Gasteiger charge is 2.54. The summed E-state index contributed by atoms with van der Waals surface area (Å²) in [5, 5.41) is 41.0. The number of esters is 2. The van der Waals surface area contributed by atoms with Gasteiger partial charge in [-0.3, -0.25) is 23.2 Å². The molecule has 16 nitrogen and oxygen atoms in total. The first kappa shape index (κ1) is 52.4. The lowest BCUT2D eigenvalue weighted by atomic mass is 9.85. The zero-order valence-corrected chi connectivity index (χ0v) is 35.3. The van der Waals surface area contributed by atoms with Crippen LogP contribution in [0.2, 0.25) is 0 Å². The van der Waals surface area contributed by atoms with E-state index in [1.165, 1.54) is 51.4 Å². The molecule has 0 heterocycles. The highest BCUT2D eigenvalue weighted by Crippen LogP contribution is 2.49. The van der Waals surface area contributed by atoms with Crippen molar-refractivity contribution in [1.29, 1.82) is 0 Å². The van der Waals surface area contributed by atoms with Gasteiger partial charge in [0.1, 0.15) is 43.2 Å². The van der Waals surface area contributed by atoms with Crippen LogP contribution in [0.15, 0.2) is 0 Å². The number of hydrogen-bond acceptors (Lipinski definition) is 14. The van der Waals surface area contributed by atoms with E-state index < -0.39 is 83.5 Å². The summed E-state index contributed by atoms with van der Waals surface area (Å²) in [6.07, 6.45) is 7.97. The van der Waals surface area contributed by atoms with Crippen LogP contribution in [0.5, 0.6) is 0 Å². The Labute approximate surface area is 332 Å². The predicted octanol–water partition coefficient (Wildman–Crippen LogP) is 5.80. The molecular weight excluding hydrogens is 782 g/mol. The molecule has 1 fully saturated rings. The Bertz CT molecular complexity index is 1110. The first-order valence-corrected chi connectivity index (χ1v) is 23.9. The molecule has 0 aromatic carbocycles. The second-order valence-electron chi connectivity index (χ2n) is 14.4. The maximum absolute atomic E-state index is 12.9. The summed E-state index contributed by atoms with van der Waals surface area (Å²) >= 11 is 4.21. The van der Waals surface area contributed by atoms with E-state index in [0.29, 0.717) is 12.8 Å². The molecule has 8 atom stereocenters. The number of carbonyl (C=O) groups excluding carboxylic acids is 2. The lowest BCUT2D eigenvalue weighted by Crippen LogP contribution is -2.64. The molecule has 55 heavy (non-hydrogen) atoms. The number of phosphoric acid groups is 2. The highest BCUT2D eigenvalue weighted by molar-refractivity contribution is 7.80. The number of hydrogen-bond donors (Lipinski definition) is 8. The average Bonchev–Trinajstić information content (AvgIpc) is 3.13. The van der Waals surface area contributed by atoms with E-state index in [4.69, 9.17) is 28.3 Å². The molecule has 0 aromatic rings. The Morgan fingerprint density at radius 3 is 1.44 bits per heavy atom. The van der Waals surface area contributed by atoms with Crippen molar-refractivity contribution in [2.75, 3.05) is 19.0 Å². The zero-order valence-electron chi connectivity index (χ0n) is 32.6. The molecule has 0 bridgehead atoms. The highest BCUT2D eigenvalue weighted by atomic mass is 32.1. The van der Waals surface area contributed by atoms with E-state index in [-0.39, 0.29) is 12.8 Å². The van der Waals surface area contributed by atoms with Crippen molar-refractivity contribution in [3.05, 3.63) is 0 Å². The van der Waals surface area contributed by atoms with Crippen LogP contribution in [0.3, 0.4) is 0 Å². The third kappa shape index (κ3) is 25.4. The van der Waals surface area contributed by atoms with Crippen LogP contribution in [0.1, 0.15) is 155 Å². The molecule has 1 rings (SSSR count). The van der Waals surface area contributed by atoms with Crippen LogP contribution in [0, 0.1) is 0 Å². The van der Waals surface area contributed by atoms with Crippen molar-refractivity contribution < 1.29 is 76.9 Å². The van der Waals surface area contributed by atoms with Crippen LogP contribution in [0.25, 0.3) is 0 Å². The minimum atomic E-state index is -5.35. The zero-order chi connectivity index (χ0) is 41.1. The molecule has 326 valence electrons. The molecule has 0 saturated heterocycles. The second kappa shape index (κ2) is 30.4. The largest absolute Gasteiger partial charge is 0.472 e. The van der Waals surface area contributed by atoms with Gasteiger partial charge in [0.05, 0.1) is 6.61 Å². The van der Waals surface area contributed by atoms with Crippen LogP contribution < -0.4 is 0 Å². The normalized spacial score (nSPS) is 23.3. The van der Waals surface area contributed by atoms with Gasteiger partial charge in [0.15, 0.2) is 6.10 Å². The van der Waals surface area contributed by atoms with Crippen molar-refractivity contribution >= 4 is 40.2 Å². The lowest BCUT2D eigenvalue weighted by molar-refractivity contribution is -0.216. The first-order chi connectivity index (χ1) is 26.1. The van der Waals surface area contributed by atoms with Crippen molar-refractivity contribution in [2.45, 2.75) is 197 Å². The number of carbonyl (C=O) groups is 2. The standard InChI is InChI=1S/C36H70O16P2S/c1-2-3-4-5-6-7-8-9-10-11-15-18-21-24-30(38)50-28(26-48-29(37)23-20-17-14-12-13-16-19-22-25-55)27-49-54(46,47)52-36-33(41)31(39)32(40)35(34(36)42)51-53(43,44)45/h28,31-36,39-42,55H,2-27H2,1H3,(H,46,47)(H2,43,44,45)/t28-,31-,32?,33?,34+,35+,36?/m1/s1. The minimum Gasteiger partial charge on any atom is -0.462 e.